The molecule has 8 heteroatoms. The molecule has 0 saturated carbocycles. The third-order valence-corrected chi connectivity index (χ3v) is 5.12. The van der Waals surface area contributed by atoms with Crippen molar-refractivity contribution in [2.45, 2.75) is 43.9 Å². The Labute approximate surface area is 174 Å². The summed E-state index contributed by atoms with van der Waals surface area (Å²) in [5.41, 5.74) is 0.843. The number of benzene rings is 2. The number of aliphatic hydroxyl groups is 1. The third-order valence-electron chi connectivity index (χ3n) is 5.12. The number of amides is 1. The molecule has 30 heavy (non-hydrogen) atoms. The number of nitrogens with one attached hydrogen (secondary N) is 1. The summed E-state index contributed by atoms with van der Waals surface area (Å²) in [6.07, 6.45) is -3.82. The molecule has 2 aromatic carbocycles. The predicted molar refractivity (Wildman–Crippen MR) is 106 cm³/mol. The van der Waals surface area contributed by atoms with E-state index in [9.17, 15) is 9.90 Å². The molecule has 0 radical (unpaired) electrons. The molecular weight excluding hydrogens is 390 g/mol. The molecule has 0 aromatic heterocycles. The van der Waals surface area contributed by atoms with Crippen LogP contribution in [0.25, 0.3) is 0 Å². The van der Waals surface area contributed by atoms with Gasteiger partial charge in [-0.15, -0.1) is 0 Å². The number of ether oxygens (including phenoxy) is 5. The summed E-state index contributed by atoms with van der Waals surface area (Å²) in [5.74, 6) is 0.893. The van der Waals surface area contributed by atoms with Gasteiger partial charge in [-0.3, -0.25) is 4.79 Å². The second-order valence-electron chi connectivity index (χ2n) is 7.23. The molecule has 2 heterocycles. The van der Waals surface area contributed by atoms with Crippen LogP contribution in [-0.4, -0.2) is 55.4 Å². The summed E-state index contributed by atoms with van der Waals surface area (Å²) in [4.78, 5) is 11.8. The number of hydrogen-bond acceptors (Lipinski definition) is 7. The zero-order valence-electron chi connectivity index (χ0n) is 16.8. The van der Waals surface area contributed by atoms with Crippen LogP contribution < -0.4 is 14.8 Å². The third kappa shape index (κ3) is 4.41. The van der Waals surface area contributed by atoms with Crippen molar-refractivity contribution in [3.63, 3.8) is 0 Å². The normalized spacial score (nSPS) is 30.8. The SMILES string of the molecule is COc1ccc(O[C@@H]2O[C@@H]3CO[C@H](c4ccccc4)O[C@@H]3[C@@H](O)[C@H]2NC(C)=O)cc1. The molecule has 8 nitrogen and oxygen atoms in total. The molecule has 2 aliphatic heterocycles. The number of hydrogen-bond donors (Lipinski definition) is 2. The number of fused-ring (bicyclic) bond motifs is 1. The van der Waals surface area contributed by atoms with Crippen molar-refractivity contribution >= 4 is 5.91 Å². The van der Waals surface area contributed by atoms with Crippen LogP contribution in [0, 0.1) is 0 Å². The zero-order chi connectivity index (χ0) is 21.1. The van der Waals surface area contributed by atoms with Gasteiger partial charge in [0.05, 0.1) is 13.7 Å². The Balaban J connectivity index is 1.51. The molecule has 4 rings (SSSR count). The van der Waals surface area contributed by atoms with E-state index in [1.165, 1.54) is 6.92 Å². The topological polar surface area (TPSA) is 95.5 Å². The van der Waals surface area contributed by atoms with Crippen molar-refractivity contribution in [2.24, 2.45) is 0 Å². The lowest BCUT2D eigenvalue weighted by Crippen LogP contribution is -2.67. The Kier molecular flexibility index (Phi) is 6.19. The van der Waals surface area contributed by atoms with E-state index in [-0.39, 0.29) is 12.5 Å². The Bertz CT molecular complexity index is 844. The van der Waals surface area contributed by atoms with Gasteiger partial charge in [0.2, 0.25) is 12.2 Å². The Morgan fingerprint density at radius 1 is 1.07 bits per heavy atom. The van der Waals surface area contributed by atoms with Crippen molar-refractivity contribution in [3.8, 4) is 11.5 Å². The lowest BCUT2D eigenvalue weighted by Gasteiger charge is -2.47. The molecule has 2 aromatic rings. The van der Waals surface area contributed by atoms with Crippen LogP contribution in [0.3, 0.4) is 0 Å². The lowest BCUT2D eigenvalue weighted by atomic mass is 9.95. The number of carbonyl (C=O) groups excluding carboxylic acids is 1. The number of aliphatic hydroxyl groups excluding tert-OH is 1. The second-order valence-corrected chi connectivity index (χ2v) is 7.23. The van der Waals surface area contributed by atoms with Gasteiger partial charge in [0.1, 0.15) is 35.9 Å². The van der Waals surface area contributed by atoms with Gasteiger partial charge >= 0.3 is 0 Å². The summed E-state index contributed by atoms with van der Waals surface area (Å²) in [5, 5.41) is 13.8. The van der Waals surface area contributed by atoms with Crippen LogP contribution in [0.5, 0.6) is 11.5 Å². The molecule has 160 valence electrons. The van der Waals surface area contributed by atoms with Crippen LogP contribution in [0.2, 0.25) is 0 Å². The molecule has 0 bridgehead atoms. The van der Waals surface area contributed by atoms with Gasteiger partial charge in [-0.1, -0.05) is 30.3 Å². The monoisotopic (exact) mass is 415 g/mol. The van der Waals surface area contributed by atoms with Gasteiger partial charge < -0.3 is 34.1 Å². The highest BCUT2D eigenvalue weighted by molar-refractivity contribution is 5.73. The van der Waals surface area contributed by atoms with E-state index in [0.29, 0.717) is 11.5 Å². The van der Waals surface area contributed by atoms with Crippen LogP contribution in [0.4, 0.5) is 0 Å². The molecule has 0 spiro atoms. The van der Waals surface area contributed by atoms with E-state index >= 15 is 0 Å². The smallest absolute Gasteiger partial charge is 0.223 e. The van der Waals surface area contributed by atoms with Crippen molar-refractivity contribution in [2.75, 3.05) is 13.7 Å². The maximum Gasteiger partial charge on any atom is 0.223 e. The van der Waals surface area contributed by atoms with Gasteiger partial charge in [-0.2, -0.15) is 0 Å². The van der Waals surface area contributed by atoms with Crippen molar-refractivity contribution in [1.82, 2.24) is 5.32 Å². The molecule has 0 aliphatic carbocycles. The van der Waals surface area contributed by atoms with E-state index in [0.717, 1.165) is 5.56 Å². The van der Waals surface area contributed by atoms with Crippen LogP contribution in [-0.2, 0) is 19.0 Å². The highest BCUT2D eigenvalue weighted by Gasteiger charge is 2.50. The number of rotatable bonds is 5. The van der Waals surface area contributed by atoms with Crippen molar-refractivity contribution in [3.05, 3.63) is 60.2 Å². The van der Waals surface area contributed by atoms with E-state index in [1.807, 2.05) is 30.3 Å². The molecule has 6 atom stereocenters. The second kappa shape index (κ2) is 9.01. The lowest BCUT2D eigenvalue weighted by molar-refractivity contribution is -0.333. The largest absolute Gasteiger partial charge is 0.497 e. The van der Waals surface area contributed by atoms with Crippen LogP contribution in [0.15, 0.2) is 54.6 Å². The highest BCUT2D eigenvalue weighted by Crippen LogP contribution is 2.35. The number of methoxy groups -OCH3 is 1. The van der Waals surface area contributed by atoms with E-state index in [2.05, 4.69) is 5.32 Å². The number of carbonyl (C=O) groups is 1. The maximum absolute atomic E-state index is 11.8. The average molecular weight is 415 g/mol. The van der Waals surface area contributed by atoms with E-state index in [1.54, 1.807) is 31.4 Å². The van der Waals surface area contributed by atoms with Gasteiger partial charge in [-0.05, 0) is 24.3 Å². The summed E-state index contributed by atoms with van der Waals surface area (Å²) in [6, 6.07) is 15.6. The molecular formula is C22H25NO7. The first kappa shape index (κ1) is 20.6. The molecule has 2 fully saturated rings. The zero-order valence-corrected chi connectivity index (χ0v) is 16.8. The summed E-state index contributed by atoms with van der Waals surface area (Å²) >= 11 is 0. The molecule has 2 saturated heterocycles. The summed E-state index contributed by atoms with van der Waals surface area (Å²) in [7, 11) is 1.58. The Hall–Kier alpha value is -2.65. The fourth-order valence-corrected chi connectivity index (χ4v) is 3.65. The van der Waals surface area contributed by atoms with Gasteiger partial charge in [0.25, 0.3) is 0 Å². The van der Waals surface area contributed by atoms with Gasteiger partial charge in [-0.25, -0.2) is 0 Å². The molecule has 0 unspecified atom stereocenters. The standard InChI is InChI=1S/C22H25NO7/c1-13(24)23-18-19(25)20-17(12-27-21(30-20)14-6-4-3-5-7-14)29-22(18)28-16-10-8-15(26-2)9-11-16/h3-11,17-22,25H,12H2,1-2H3,(H,23,24)/t17-,18-,19+,20+,21+,22-/m1/s1. The quantitative estimate of drug-likeness (QED) is 0.769. The summed E-state index contributed by atoms with van der Waals surface area (Å²) < 4.78 is 28.9. The predicted octanol–water partition coefficient (Wildman–Crippen LogP) is 1.78. The molecule has 2 aliphatic rings. The fourth-order valence-electron chi connectivity index (χ4n) is 3.65. The van der Waals surface area contributed by atoms with Gasteiger partial charge in [0.15, 0.2) is 6.29 Å². The van der Waals surface area contributed by atoms with Crippen molar-refractivity contribution in [1.29, 1.82) is 0 Å². The van der Waals surface area contributed by atoms with E-state index < -0.39 is 36.9 Å². The first-order valence-corrected chi connectivity index (χ1v) is 9.78. The van der Waals surface area contributed by atoms with E-state index in [4.69, 9.17) is 23.7 Å². The Morgan fingerprint density at radius 3 is 2.43 bits per heavy atom. The minimum Gasteiger partial charge on any atom is -0.497 e. The van der Waals surface area contributed by atoms with Gasteiger partial charge in [0, 0.05) is 12.5 Å². The maximum atomic E-state index is 11.8. The fraction of sp³-hybridized carbons (Fsp3) is 0.409. The van der Waals surface area contributed by atoms with Crippen LogP contribution >= 0.6 is 0 Å². The minimum atomic E-state index is -1.05. The Morgan fingerprint density at radius 2 is 1.77 bits per heavy atom. The van der Waals surface area contributed by atoms with Crippen molar-refractivity contribution < 1.29 is 33.6 Å². The van der Waals surface area contributed by atoms with Crippen LogP contribution in [0.1, 0.15) is 18.8 Å². The molecule has 1 amide bonds. The average Bonchev–Trinajstić information content (AvgIpc) is 2.77. The molecule has 2 N–H and O–H groups in total. The first-order chi connectivity index (χ1) is 14.5. The first-order valence-electron chi connectivity index (χ1n) is 9.78. The highest BCUT2D eigenvalue weighted by atomic mass is 16.7. The summed E-state index contributed by atoms with van der Waals surface area (Å²) in [6.45, 7) is 1.59. The minimum absolute atomic E-state index is 0.219.